The van der Waals surface area contributed by atoms with Gasteiger partial charge in [0.2, 0.25) is 0 Å². The molecule has 0 aromatic carbocycles. The fourth-order valence-electron chi connectivity index (χ4n) is 3.15. The van der Waals surface area contributed by atoms with E-state index in [0.29, 0.717) is 11.5 Å². The van der Waals surface area contributed by atoms with Gasteiger partial charge in [-0.05, 0) is 53.6 Å². The van der Waals surface area contributed by atoms with Crippen LogP contribution in [-0.2, 0) is 4.74 Å². The first-order valence-electron chi connectivity index (χ1n) is 7.02. The Balaban J connectivity index is 1.94. The Morgan fingerprint density at radius 3 is 2.56 bits per heavy atom. The van der Waals surface area contributed by atoms with Gasteiger partial charge >= 0.3 is 6.09 Å². The fraction of sp³-hybridized carbons (Fsp3) is 0.929. The molecule has 1 saturated carbocycles. The summed E-state index contributed by atoms with van der Waals surface area (Å²) in [6.45, 7) is 7.63. The van der Waals surface area contributed by atoms with Gasteiger partial charge in [-0.1, -0.05) is 6.42 Å². The second-order valence-electron chi connectivity index (χ2n) is 6.73. The van der Waals surface area contributed by atoms with Crippen LogP contribution in [0.15, 0.2) is 0 Å². The van der Waals surface area contributed by atoms with Gasteiger partial charge in [-0.2, -0.15) is 0 Å². The van der Waals surface area contributed by atoms with Crippen LogP contribution in [0.3, 0.4) is 0 Å². The number of hydrogen-bond donors (Lipinski definition) is 1. The summed E-state index contributed by atoms with van der Waals surface area (Å²) in [4.78, 5) is 14.1. The minimum atomic E-state index is -0.396. The number of nitrogens with one attached hydrogen (secondary N) is 1. The fourth-order valence-corrected chi connectivity index (χ4v) is 3.15. The SMILES string of the molecule is CNCCC1N(C(=O)OC(C)(C)C)CC12CCC2. The Bertz CT molecular complexity index is 318. The summed E-state index contributed by atoms with van der Waals surface area (Å²) in [5, 5.41) is 3.18. The molecule has 1 aliphatic carbocycles. The van der Waals surface area contributed by atoms with Crippen molar-refractivity contribution in [3.63, 3.8) is 0 Å². The normalized spacial score (nSPS) is 25.6. The van der Waals surface area contributed by atoms with Crippen molar-refractivity contribution in [1.29, 1.82) is 0 Å². The van der Waals surface area contributed by atoms with E-state index in [1.165, 1.54) is 19.3 Å². The third kappa shape index (κ3) is 2.48. The number of rotatable bonds is 3. The first-order valence-corrected chi connectivity index (χ1v) is 7.02. The lowest BCUT2D eigenvalue weighted by molar-refractivity contribution is -0.123. The molecular formula is C14H26N2O2. The summed E-state index contributed by atoms with van der Waals surface area (Å²) in [7, 11) is 1.96. The number of amides is 1. The van der Waals surface area contributed by atoms with Crippen molar-refractivity contribution in [2.45, 2.75) is 58.1 Å². The van der Waals surface area contributed by atoms with E-state index in [2.05, 4.69) is 5.32 Å². The molecule has 2 aliphatic rings. The lowest BCUT2D eigenvalue weighted by atomic mass is 9.57. The molecule has 0 radical (unpaired) electrons. The number of likely N-dealkylation sites (tertiary alicyclic amines) is 1. The van der Waals surface area contributed by atoms with Crippen molar-refractivity contribution in [3.05, 3.63) is 0 Å². The summed E-state index contributed by atoms with van der Waals surface area (Å²) in [6.07, 6.45) is 4.77. The van der Waals surface area contributed by atoms with Gasteiger partial charge in [-0.15, -0.1) is 0 Å². The van der Waals surface area contributed by atoms with E-state index in [-0.39, 0.29) is 6.09 Å². The van der Waals surface area contributed by atoms with Crippen LogP contribution in [0.4, 0.5) is 4.79 Å². The molecular weight excluding hydrogens is 228 g/mol. The highest BCUT2D eigenvalue weighted by Gasteiger charge is 2.57. The third-order valence-electron chi connectivity index (χ3n) is 4.21. The topological polar surface area (TPSA) is 41.6 Å². The molecule has 4 heteroatoms. The van der Waals surface area contributed by atoms with Crippen molar-refractivity contribution >= 4 is 6.09 Å². The molecule has 1 atom stereocenters. The smallest absolute Gasteiger partial charge is 0.410 e. The van der Waals surface area contributed by atoms with E-state index in [1.807, 2.05) is 32.7 Å². The Morgan fingerprint density at radius 2 is 2.11 bits per heavy atom. The molecule has 2 rings (SSSR count). The molecule has 1 unspecified atom stereocenters. The maximum Gasteiger partial charge on any atom is 0.410 e. The summed E-state index contributed by atoms with van der Waals surface area (Å²) in [5.41, 5.74) is 0.0285. The van der Waals surface area contributed by atoms with E-state index >= 15 is 0 Å². The maximum atomic E-state index is 12.1. The highest BCUT2D eigenvalue weighted by atomic mass is 16.6. The van der Waals surface area contributed by atoms with Crippen molar-refractivity contribution < 1.29 is 9.53 Å². The van der Waals surface area contributed by atoms with E-state index in [1.54, 1.807) is 0 Å². The number of hydrogen-bond acceptors (Lipinski definition) is 3. The van der Waals surface area contributed by atoms with Crippen LogP contribution < -0.4 is 5.32 Å². The lowest BCUT2D eigenvalue weighted by Gasteiger charge is -2.62. The van der Waals surface area contributed by atoms with E-state index in [9.17, 15) is 4.79 Å². The predicted octanol–water partition coefficient (Wildman–Crippen LogP) is 2.39. The van der Waals surface area contributed by atoms with Gasteiger partial charge in [0.15, 0.2) is 0 Å². The first kappa shape index (κ1) is 13.7. The van der Waals surface area contributed by atoms with Gasteiger partial charge in [-0.3, -0.25) is 0 Å². The molecule has 104 valence electrons. The van der Waals surface area contributed by atoms with Crippen molar-refractivity contribution in [1.82, 2.24) is 10.2 Å². The average molecular weight is 254 g/mol. The largest absolute Gasteiger partial charge is 0.444 e. The van der Waals surface area contributed by atoms with Gasteiger partial charge in [0.25, 0.3) is 0 Å². The Labute approximate surface area is 110 Å². The number of carbonyl (C=O) groups excluding carboxylic acids is 1. The minimum Gasteiger partial charge on any atom is -0.444 e. The molecule has 18 heavy (non-hydrogen) atoms. The average Bonchev–Trinajstić information content (AvgIpc) is 2.11. The molecule has 0 bridgehead atoms. The lowest BCUT2D eigenvalue weighted by Crippen LogP contribution is -2.69. The van der Waals surface area contributed by atoms with Gasteiger partial charge in [0, 0.05) is 18.0 Å². The van der Waals surface area contributed by atoms with Crippen LogP contribution in [0.25, 0.3) is 0 Å². The van der Waals surface area contributed by atoms with E-state index in [0.717, 1.165) is 19.5 Å². The van der Waals surface area contributed by atoms with Crippen LogP contribution in [0.2, 0.25) is 0 Å². The molecule has 1 spiro atoms. The third-order valence-corrected chi connectivity index (χ3v) is 4.21. The van der Waals surface area contributed by atoms with Gasteiger partial charge in [-0.25, -0.2) is 4.79 Å². The predicted molar refractivity (Wildman–Crippen MR) is 71.6 cm³/mol. The van der Waals surface area contributed by atoms with Crippen LogP contribution in [-0.4, -0.2) is 42.8 Å². The van der Waals surface area contributed by atoms with Crippen molar-refractivity contribution in [2.75, 3.05) is 20.1 Å². The number of ether oxygens (including phenoxy) is 1. The van der Waals surface area contributed by atoms with Crippen LogP contribution in [0, 0.1) is 5.41 Å². The van der Waals surface area contributed by atoms with Crippen molar-refractivity contribution in [3.8, 4) is 0 Å². The number of carbonyl (C=O) groups is 1. The molecule has 1 saturated heterocycles. The monoisotopic (exact) mass is 254 g/mol. The van der Waals surface area contributed by atoms with Gasteiger partial charge in [0.05, 0.1) is 0 Å². The zero-order valence-corrected chi connectivity index (χ0v) is 12.1. The summed E-state index contributed by atoms with van der Waals surface area (Å²) >= 11 is 0. The van der Waals surface area contributed by atoms with Gasteiger partial charge < -0.3 is 15.0 Å². The zero-order valence-electron chi connectivity index (χ0n) is 12.1. The highest BCUT2D eigenvalue weighted by molar-refractivity contribution is 5.70. The van der Waals surface area contributed by atoms with Crippen molar-refractivity contribution in [2.24, 2.45) is 5.41 Å². The molecule has 4 nitrogen and oxygen atoms in total. The molecule has 1 aliphatic heterocycles. The number of nitrogens with zero attached hydrogens (tertiary/aromatic N) is 1. The quantitative estimate of drug-likeness (QED) is 0.841. The standard InChI is InChI=1S/C14H26N2O2/c1-13(2,3)18-12(17)16-10-14(7-5-8-14)11(16)6-9-15-4/h11,15H,5-10H2,1-4H3. The first-order chi connectivity index (χ1) is 8.38. The Hall–Kier alpha value is -0.770. The second kappa shape index (κ2) is 4.72. The molecule has 1 N–H and O–H groups in total. The molecule has 1 heterocycles. The Morgan fingerprint density at radius 1 is 1.44 bits per heavy atom. The van der Waals surface area contributed by atoms with Crippen LogP contribution >= 0.6 is 0 Å². The van der Waals surface area contributed by atoms with Crippen LogP contribution in [0.5, 0.6) is 0 Å². The van der Waals surface area contributed by atoms with E-state index in [4.69, 9.17) is 4.74 Å². The Kier molecular flexibility index (Phi) is 3.58. The zero-order chi connectivity index (χ0) is 13.4. The van der Waals surface area contributed by atoms with E-state index < -0.39 is 5.60 Å². The summed E-state index contributed by atoms with van der Waals surface area (Å²) in [6, 6.07) is 0.383. The maximum absolute atomic E-state index is 12.1. The summed E-state index contributed by atoms with van der Waals surface area (Å²) in [5.74, 6) is 0. The molecule has 1 amide bonds. The van der Waals surface area contributed by atoms with Crippen LogP contribution in [0.1, 0.15) is 46.5 Å². The molecule has 0 aromatic heterocycles. The molecule has 2 fully saturated rings. The summed E-state index contributed by atoms with van der Waals surface area (Å²) < 4.78 is 5.48. The second-order valence-corrected chi connectivity index (χ2v) is 6.73. The molecule has 0 aromatic rings. The highest BCUT2D eigenvalue weighted by Crippen LogP contribution is 2.54. The minimum absolute atomic E-state index is 0.138. The van der Waals surface area contributed by atoms with Gasteiger partial charge in [0.1, 0.15) is 5.60 Å².